The van der Waals surface area contributed by atoms with Crippen LogP contribution in [-0.4, -0.2) is 32.1 Å². The smallest absolute Gasteiger partial charge is 0.325 e. The van der Waals surface area contributed by atoms with E-state index < -0.39 is 5.97 Å². The molecule has 0 aliphatic rings. The number of amides is 2. The maximum Gasteiger partial charge on any atom is 0.325 e. The molecule has 8 heteroatoms. The third-order valence-electron chi connectivity index (χ3n) is 2.71. The molecule has 0 unspecified atom stereocenters. The number of nitrogens with one attached hydrogen (secondary N) is 2. The zero-order chi connectivity index (χ0) is 15.2. The van der Waals surface area contributed by atoms with E-state index in [1.807, 2.05) is 25.1 Å². The molecule has 2 rings (SSSR count). The van der Waals surface area contributed by atoms with E-state index in [9.17, 15) is 9.59 Å². The van der Waals surface area contributed by atoms with Gasteiger partial charge in [0.25, 0.3) is 0 Å². The summed E-state index contributed by atoms with van der Waals surface area (Å²) in [6.07, 6.45) is 1.47. The molecule has 1 aromatic carbocycles. The molecular weight excluding hydrogens is 274 g/mol. The van der Waals surface area contributed by atoms with Gasteiger partial charge in [-0.1, -0.05) is 23.4 Å². The normalized spacial score (nSPS) is 10.1. The van der Waals surface area contributed by atoms with E-state index in [-0.39, 0.29) is 19.1 Å². The minimum Gasteiger partial charge on any atom is -0.480 e. The molecule has 1 aromatic heterocycles. The Morgan fingerprint density at radius 1 is 1.33 bits per heavy atom. The number of urea groups is 1. The van der Waals surface area contributed by atoms with Crippen LogP contribution in [-0.2, 0) is 17.9 Å². The van der Waals surface area contributed by atoms with Gasteiger partial charge in [-0.05, 0) is 18.6 Å². The van der Waals surface area contributed by atoms with Crippen LogP contribution >= 0.6 is 0 Å². The molecule has 0 fully saturated rings. The average Bonchev–Trinajstić information content (AvgIpc) is 2.86. The second kappa shape index (κ2) is 6.51. The van der Waals surface area contributed by atoms with Crippen molar-refractivity contribution in [2.45, 2.75) is 20.0 Å². The van der Waals surface area contributed by atoms with E-state index in [4.69, 9.17) is 5.11 Å². The van der Waals surface area contributed by atoms with Crippen molar-refractivity contribution in [2.24, 2.45) is 0 Å². The number of carboxylic acid groups (broad SMARTS) is 1. The summed E-state index contributed by atoms with van der Waals surface area (Å²) in [5, 5.41) is 21.4. The van der Waals surface area contributed by atoms with Crippen LogP contribution in [0.15, 0.2) is 30.5 Å². The number of aliphatic carboxylic acids is 1. The minimum atomic E-state index is -1.00. The lowest BCUT2D eigenvalue weighted by atomic mass is 10.2. The maximum atomic E-state index is 11.8. The highest BCUT2D eigenvalue weighted by molar-refractivity contribution is 5.89. The van der Waals surface area contributed by atoms with Gasteiger partial charge in [-0.25, -0.2) is 9.48 Å². The fraction of sp³-hybridized carbons (Fsp3) is 0.231. The van der Waals surface area contributed by atoms with Gasteiger partial charge in [0.15, 0.2) is 0 Å². The number of nitrogens with zero attached hydrogens (tertiary/aromatic N) is 3. The van der Waals surface area contributed by atoms with Crippen LogP contribution < -0.4 is 10.6 Å². The molecule has 3 N–H and O–H groups in total. The van der Waals surface area contributed by atoms with Crippen LogP contribution in [0.3, 0.4) is 0 Å². The summed E-state index contributed by atoms with van der Waals surface area (Å²) in [6.45, 7) is 1.80. The predicted octanol–water partition coefficient (Wildman–Crippen LogP) is 0.993. The van der Waals surface area contributed by atoms with E-state index in [0.29, 0.717) is 5.69 Å². The molecule has 110 valence electrons. The largest absolute Gasteiger partial charge is 0.480 e. The summed E-state index contributed by atoms with van der Waals surface area (Å²) in [4.78, 5) is 22.3. The molecule has 2 amide bonds. The molecule has 21 heavy (non-hydrogen) atoms. The van der Waals surface area contributed by atoms with Gasteiger partial charge in [0.1, 0.15) is 12.2 Å². The van der Waals surface area contributed by atoms with Crippen molar-refractivity contribution in [3.63, 3.8) is 0 Å². The number of benzene rings is 1. The van der Waals surface area contributed by atoms with Crippen molar-refractivity contribution in [1.82, 2.24) is 20.3 Å². The number of hydrogen-bond donors (Lipinski definition) is 3. The topological polar surface area (TPSA) is 109 Å². The highest BCUT2D eigenvalue weighted by atomic mass is 16.4. The predicted molar refractivity (Wildman–Crippen MR) is 74.7 cm³/mol. The number of aryl methyl sites for hydroxylation is 1. The van der Waals surface area contributed by atoms with Gasteiger partial charge in [-0.2, -0.15) is 0 Å². The Morgan fingerprint density at radius 3 is 2.81 bits per heavy atom. The van der Waals surface area contributed by atoms with Crippen LogP contribution in [0.5, 0.6) is 0 Å². The zero-order valence-electron chi connectivity index (χ0n) is 11.4. The van der Waals surface area contributed by atoms with Crippen LogP contribution in [0.2, 0.25) is 0 Å². The first-order valence-electron chi connectivity index (χ1n) is 6.26. The van der Waals surface area contributed by atoms with Crippen LogP contribution in [0.25, 0.3) is 0 Å². The zero-order valence-corrected chi connectivity index (χ0v) is 11.4. The minimum absolute atomic E-state index is 0.164. The first-order valence-corrected chi connectivity index (χ1v) is 6.26. The quantitative estimate of drug-likeness (QED) is 0.760. The standard InChI is InChI=1S/C13H15N5O3/c1-9-4-2-3-5-11(9)15-13(21)14-6-10-7-18(17-16-10)8-12(19)20/h2-5,7H,6,8H2,1H3,(H,19,20)(H2,14,15,21). The molecule has 0 aliphatic heterocycles. The van der Waals surface area contributed by atoms with Gasteiger partial charge in [0.2, 0.25) is 0 Å². The average molecular weight is 289 g/mol. The van der Waals surface area contributed by atoms with Crippen molar-refractivity contribution in [3.05, 3.63) is 41.7 Å². The number of carbonyl (C=O) groups excluding carboxylic acids is 1. The Hall–Kier alpha value is -2.90. The van der Waals surface area contributed by atoms with E-state index in [0.717, 1.165) is 11.3 Å². The van der Waals surface area contributed by atoms with Crippen molar-refractivity contribution in [1.29, 1.82) is 0 Å². The molecule has 8 nitrogen and oxygen atoms in total. The third-order valence-corrected chi connectivity index (χ3v) is 2.71. The van der Waals surface area contributed by atoms with Gasteiger partial charge >= 0.3 is 12.0 Å². The van der Waals surface area contributed by atoms with Gasteiger partial charge in [0, 0.05) is 5.69 Å². The monoisotopic (exact) mass is 289 g/mol. The van der Waals surface area contributed by atoms with Crippen molar-refractivity contribution in [2.75, 3.05) is 5.32 Å². The van der Waals surface area contributed by atoms with Crippen molar-refractivity contribution < 1.29 is 14.7 Å². The lowest BCUT2D eigenvalue weighted by molar-refractivity contribution is -0.137. The molecule has 0 atom stereocenters. The molecule has 1 heterocycles. The van der Waals surface area contributed by atoms with Crippen LogP contribution in [0, 0.1) is 6.92 Å². The van der Waals surface area contributed by atoms with Crippen molar-refractivity contribution in [3.8, 4) is 0 Å². The van der Waals surface area contributed by atoms with E-state index in [1.165, 1.54) is 10.9 Å². The number of carbonyl (C=O) groups is 2. The molecule has 0 saturated carbocycles. The van der Waals surface area contributed by atoms with E-state index in [1.54, 1.807) is 6.07 Å². The van der Waals surface area contributed by atoms with Gasteiger partial charge in [-0.15, -0.1) is 5.10 Å². The number of rotatable bonds is 5. The first kappa shape index (κ1) is 14.5. The van der Waals surface area contributed by atoms with Crippen LogP contribution in [0.1, 0.15) is 11.3 Å². The molecule has 0 spiro atoms. The Morgan fingerprint density at radius 2 is 2.10 bits per heavy atom. The summed E-state index contributed by atoms with van der Waals surface area (Å²) in [5.74, 6) is -1.00. The summed E-state index contributed by atoms with van der Waals surface area (Å²) in [6, 6.07) is 7.06. The molecule has 0 bridgehead atoms. The lowest BCUT2D eigenvalue weighted by Crippen LogP contribution is -2.28. The third kappa shape index (κ3) is 4.30. The summed E-state index contributed by atoms with van der Waals surface area (Å²) in [5.41, 5.74) is 2.17. The fourth-order valence-electron chi connectivity index (χ4n) is 1.69. The number of carboxylic acids is 1. The second-order valence-corrected chi connectivity index (χ2v) is 4.42. The summed E-state index contributed by atoms with van der Waals surface area (Å²) < 4.78 is 1.19. The number of aromatic nitrogens is 3. The van der Waals surface area contributed by atoms with E-state index >= 15 is 0 Å². The number of para-hydroxylation sites is 1. The SMILES string of the molecule is Cc1ccccc1NC(=O)NCc1cn(CC(=O)O)nn1. The molecule has 2 aromatic rings. The summed E-state index contributed by atoms with van der Waals surface area (Å²) in [7, 11) is 0. The summed E-state index contributed by atoms with van der Waals surface area (Å²) >= 11 is 0. The molecule has 0 aliphatic carbocycles. The lowest BCUT2D eigenvalue weighted by Gasteiger charge is -2.08. The highest BCUT2D eigenvalue weighted by Crippen LogP contribution is 2.12. The van der Waals surface area contributed by atoms with Crippen molar-refractivity contribution >= 4 is 17.7 Å². The van der Waals surface area contributed by atoms with Gasteiger partial charge in [-0.3, -0.25) is 4.79 Å². The Balaban J connectivity index is 1.85. The number of hydrogen-bond acceptors (Lipinski definition) is 4. The molecular formula is C13H15N5O3. The fourth-order valence-corrected chi connectivity index (χ4v) is 1.69. The highest BCUT2D eigenvalue weighted by Gasteiger charge is 2.07. The first-order chi connectivity index (χ1) is 10.0. The number of anilines is 1. The maximum absolute atomic E-state index is 11.8. The van der Waals surface area contributed by atoms with Gasteiger partial charge in [0.05, 0.1) is 12.7 Å². The van der Waals surface area contributed by atoms with E-state index in [2.05, 4.69) is 20.9 Å². The molecule has 0 saturated heterocycles. The van der Waals surface area contributed by atoms with Crippen LogP contribution in [0.4, 0.5) is 10.5 Å². The Bertz CT molecular complexity index is 653. The van der Waals surface area contributed by atoms with Gasteiger partial charge < -0.3 is 15.7 Å². The Labute approximate surface area is 120 Å². The Kier molecular flexibility index (Phi) is 4.50. The molecule has 0 radical (unpaired) electrons. The second-order valence-electron chi connectivity index (χ2n) is 4.42.